The molecule has 3 heterocycles. The molecule has 0 atom stereocenters. The number of guanidine groups is 1. The van der Waals surface area contributed by atoms with Crippen LogP contribution in [0.5, 0.6) is 0 Å². The number of piperazine rings is 1. The van der Waals surface area contributed by atoms with Crippen molar-refractivity contribution >= 4 is 5.96 Å². The number of aliphatic imine (C=N–C) groups is 1. The minimum absolute atomic E-state index is 0.363. The van der Waals surface area contributed by atoms with Crippen molar-refractivity contribution in [1.29, 1.82) is 0 Å². The van der Waals surface area contributed by atoms with Gasteiger partial charge in [-0.2, -0.15) is 0 Å². The number of aromatic nitrogens is 2. The molecule has 2 aromatic heterocycles. The van der Waals surface area contributed by atoms with Crippen LogP contribution in [0, 0.1) is 0 Å². The molecule has 1 fully saturated rings. The van der Waals surface area contributed by atoms with E-state index in [0.29, 0.717) is 12.5 Å². The summed E-state index contributed by atoms with van der Waals surface area (Å²) >= 11 is 0. The summed E-state index contributed by atoms with van der Waals surface area (Å²) in [5, 5.41) is 11.5. The van der Waals surface area contributed by atoms with Gasteiger partial charge >= 0.3 is 0 Å². The summed E-state index contributed by atoms with van der Waals surface area (Å²) in [6, 6.07) is 3.91. The monoisotopic (exact) mass is 360 g/mol. The highest BCUT2D eigenvalue weighted by Crippen LogP contribution is 2.15. The molecule has 0 unspecified atom stereocenters. The van der Waals surface area contributed by atoms with Crippen LogP contribution >= 0.6 is 0 Å². The smallest absolute Gasteiger partial charge is 0.194 e. The van der Waals surface area contributed by atoms with Gasteiger partial charge in [-0.3, -0.25) is 4.90 Å². The molecule has 2 aromatic rings. The van der Waals surface area contributed by atoms with E-state index in [0.717, 1.165) is 62.4 Å². The second-order valence-corrected chi connectivity index (χ2v) is 6.80. The molecule has 8 nitrogen and oxygen atoms in total. The van der Waals surface area contributed by atoms with Crippen molar-refractivity contribution in [3.05, 3.63) is 35.5 Å². The van der Waals surface area contributed by atoms with Crippen LogP contribution < -0.4 is 5.32 Å². The molecule has 1 aliphatic heterocycles. The van der Waals surface area contributed by atoms with E-state index in [1.165, 1.54) is 0 Å². The highest BCUT2D eigenvalue weighted by atomic mass is 16.5. The second kappa shape index (κ2) is 8.84. The van der Waals surface area contributed by atoms with Crippen molar-refractivity contribution in [2.24, 2.45) is 4.99 Å². The molecule has 1 N–H and O–H groups in total. The van der Waals surface area contributed by atoms with E-state index in [-0.39, 0.29) is 0 Å². The summed E-state index contributed by atoms with van der Waals surface area (Å²) in [7, 11) is 0. The molecule has 8 heteroatoms. The number of nitrogens with one attached hydrogen (secondary N) is 1. The number of nitrogens with zero attached hydrogens (tertiary/aromatic N) is 5. The van der Waals surface area contributed by atoms with Crippen LogP contribution in [0.3, 0.4) is 0 Å². The number of hydrogen-bond donors (Lipinski definition) is 1. The maximum Gasteiger partial charge on any atom is 0.194 e. The molecule has 0 aromatic carbocycles. The zero-order chi connectivity index (χ0) is 18.4. The van der Waals surface area contributed by atoms with Gasteiger partial charge in [-0.15, -0.1) is 0 Å². The van der Waals surface area contributed by atoms with E-state index in [2.05, 4.69) is 46.2 Å². The average molecular weight is 360 g/mol. The minimum atomic E-state index is 0.363. The van der Waals surface area contributed by atoms with Crippen LogP contribution in [0.2, 0.25) is 0 Å². The Hall–Kier alpha value is -2.35. The molecule has 0 aliphatic carbocycles. The van der Waals surface area contributed by atoms with E-state index >= 15 is 0 Å². The molecule has 3 rings (SSSR count). The SMILES string of the molecule is CCNC(=NCc1cc(C(C)C)no1)N1CCN(Cc2ccon2)CC1. The summed E-state index contributed by atoms with van der Waals surface area (Å²) in [6.07, 6.45) is 1.62. The summed E-state index contributed by atoms with van der Waals surface area (Å²) < 4.78 is 10.3. The third-order valence-electron chi connectivity index (χ3n) is 4.44. The minimum Gasteiger partial charge on any atom is -0.364 e. The van der Waals surface area contributed by atoms with Crippen LogP contribution in [-0.2, 0) is 13.1 Å². The largest absolute Gasteiger partial charge is 0.364 e. The summed E-state index contributed by atoms with van der Waals surface area (Å²) in [5.74, 6) is 2.09. The molecular weight excluding hydrogens is 332 g/mol. The lowest BCUT2D eigenvalue weighted by molar-refractivity contribution is 0.169. The van der Waals surface area contributed by atoms with Crippen LogP contribution in [-0.4, -0.2) is 58.8 Å². The maximum absolute atomic E-state index is 5.39. The summed E-state index contributed by atoms with van der Waals surface area (Å²) in [5.41, 5.74) is 1.95. The van der Waals surface area contributed by atoms with Gasteiger partial charge in [0.25, 0.3) is 0 Å². The predicted molar refractivity (Wildman–Crippen MR) is 98.8 cm³/mol. The fourth-order valence-corrected chi connectivity index (χ4v) is 2.92. The lowest BCUT2D eigenvalue weighted by atomic mass is 10.1. The topological polar surface area (TPSA) is 82.9 Å². The third kappa shape index (κ3) is 4.85. The molecule has 0 saturated carbocycles. The van der Waals surface area contributed by atoms with Gasteiger partial charge in [0, 0.05) is 51.4 Å². The predicted octanol–water partition coefficient (Wildman–Crippen LogP) is 2.07. The van der Waals surface area contributed by atoms with Crippen molar-refractivity contribution in [2.45, 2.75) is 39.8 Å². The van der Waals surface area contributed by atoms with Crippen LogP contribution in [0.1, 0.15) is 43.8 Å². The number of rotatable bonds is 6. The molecule has 26 heavy (non-hydrogen) atoms. The first-order chi connectivity index (χ1) is 12.7. The van der Waals surface area contributed by atoms with E-state index in [9.17, 15) is 0 Å². The van der Waals surface area contributed by atoms with Gasteiger partial charge in [0.05, 0.1) is 11.4 Å². The van der Waals surface area contributed by atoms with Crippen molar-refractivity contribution < 1.29 is 9.05 Å². The molecule has 0 spiro atoms. The summed E-state index contributed by atoms with van der Waals surface area (Å²) in [4.78, 5) is 9.41. The van der Waals surface area contributed by atoms with Crippen molar-refractivity contribution in [2.75, 3.05) is 32.7 Å². The Morgan fingerprint density at radius 3 is 2.69 bits per heavy atom. The number of hydrogen-bond acceptors (Lipinski definition) is 6. The van der Waals surface area contributed by atoms with Crippen LogP contribution in [0.15, 0.2) is 32.4 Å². The van der Waals surface area contributed by atoms with Crippen LogP contribution in [0.25, 0.3) is 0 Å². The van der Waals surface area contributed by atoms with Crippen molar-refractivity contribution in [3.63, 3.8) is 0 Å². The molecule has 1 aliphatic rings. The Morgan fingerprint density at radius 1 is 1.27 bits per heavy atom. The van der Waals surface area contributed by atoms with Gasteiger partial charge in [-0.05, 0) is 12.8 Å². The van der Waals surface area contributed by atoms with Gasteiger partial charge in [0.1, 0.15) is 12.8 Å². The Morgan fingerprint density at radius 2 is 2.08 bits per heavy atom. The van der Waals surface area contributed by atoms with E-state index in [4.69, 9.17) is 14.0 Å². The molecule has 142 valence electrons. The first-order valence-electron chi connectivity index (χ1n) is 9.26. The zero-order valence-electron chi connectivity index (χ0n) is 15.8. The maximum atomic E-state index is 5.39. The van der Waals surface area contributed by atoms with Crippen LogP contribution in [0.4, 0.5) is 0 Å². The average Bonchev–Trinajstić information content (AvgIpc) is 3.31. The first-order valence-corrected chi connectivity index (χ1v) is 9.26. The quantitative estimate of drug-likeness (QED) is 0.624. The highest BCUT2D eigenvalue weighted by molar-refractivity contribution is 5.80. The lowest BCUT2D eigenvalue weighted by Gasteiger charge is -2.36. The van der Waals surface area contributed by atoms with E-state index < -0.39 is 0 Å². The molecule has 0 bridgehead atoms. The second-order valence-electron chi connectivity index (χ2n) is 6.80. The van der Waals surface area contributed by atoms with Crippen molar-refractivity contribution in [1.82, 2.24) is 25.4 Å². The van der Waals surface area contributed by atoms with E-state index in [1.54, 1.807) is 6.26 Å². The van der Waals surface area contributed by atoms with E-state index in [1.807, 2.05) is 12.1 Å². The van der Waals surface area contributed by atoms with Gasteiger partial charge in [0.2, 0.25) is 0 Å². The Balaban J connectivity index is 1.55. The fourth-order valence-electron chi connectivity index (χ4n) is 2.92. The normalized spacial score (nSPS) is 16.5. The van der Waals surface area contributed by atoms with Gasteiger partial charge in [-0.25, -0.2) is 4.99 Å². The fraction of sp³-hybridized carbons (Fsp3) is 0.611. The zero-order valence-corrected chi connectivity index (χ0v) is 15.8. The Labute approximate surface area is 154 Å². The standard InChI is InChI=1S/C18H28N6O2/c1-4-19-18(20-12-16-11-17(14(2)3)22-26-16)24-8-6-23(7-9-24)13-15-5-10-25-21-15/h5,10-11,14H,4,6-9,12-13H2,1-3H3,(H,19,20). The molecule has 0 radical (unpaired) electrons. The first kappa shape index (κ1) is 18.4. The highest BCUT2D eigenvalue weighted by Gasteiger charge is 2.20. The van der Waals surface area contributed by atoms with Gasteiger partial charge < -0.3 is 19.3 Å². The van der Waals surface area contributed by atoms with Crippen molar-refractivity contribution in [3.8, 4) is 0 Å². The van der Waals surface area contributed by atoms with Gasteiger partial charge in [0.15, 0.2) is 11.7 Å². The third-order valence-corrected chi connectivity index (χ3v) is 4.44. The molecule has 0 amide bonds. The Bertz CT molecular complexity index is 686. The molecular formula is C18H28N6O2. The lowest BCUT2D eigenvalue weighted by Crippen LogP contribution is -2.52. The summed E-state index contributed by atoms with van der Waals surface area (Å²) in [6.45, 7) is 12.3. The Kier molecular flexibility index (Phi) is 6.27. The van der Waals surface area contributed by atoms with Gasteiger partial charge in [-0.1, -0.05) is 24.2 Å². The molecule has 1 saturated heterocycles.